The van der Waals surface area contributed by atoms with Crippen LogP contribution in [-0.2, 0) is 0 Å². The molecular formula is C13H27NOS. The average Bonchev–Trinajstić information content (AvgIpc) is 3.07. The largest absolute Gasteiger partial charge is 0.394 e. The molecule has 16 heavy (non-hydrogen) atoms. The van der Waals surface area contributed by atoms with E-state index >= 15 is 0 Å². The molecule has 0 aromatic heterocycles. The van der Waals surface area contributed by atoms with Crippen LogP contribution in [0.3, 0.4) is 0 Å². The number of aliphatic hydroxyl groups is 1. The first-order valence-electron chi connectivity index (χ1n) is 6.54. The number of nitrogens with one attached hydrogen (secondary N) is 1. The average molecular weight is 245 g/mol. The normalized spacial score (nSPS) is 22.1. The maximum Gasteiger partial charge on any atom is 0.0624 e. The van der Waals surface area contributed by atoms with Gasteiger partial charge < -0.3 is 10.4 Å². The second-order valence-electron chi connectivity index (χ2n) is 5.42. The number of thioether (sulfide) groups is 1. The third-order valence-electron chi connectivity index (χ3n) is 3.42. The van der Waals surface area contributed by atoms with Crippen molar-refractivity contribution in [1.82, 2.24) is 5.32 Å². The van der Waals surface area contributed by atoms with E-state index in [2.05, 4.69) is 33.0 Å². The second kappa shape index (κ2) is 6.27. The summed E-state index contributed by atoms with van der Waals surface area (Å²) in [6.07, 6.45) is 3.77. The van der Waals surface area contributed by atoms with E-state index in [-0.39, 0.29) is 12.1 Å². The first kappa shape index (κ1) is 14.3. The third kappa shape index (κ3) is 3.94. The number of aliphatic hydroxyl groups excluding tert-OH is 1. The van der Waals surface area contributed by atoms with Crippen molar-refractivity contribution in [2.45, 2.75) is 63.8 Å². The van der Waals surface area contributed by atoms with Gasteiger partial charge in [-0.1, -0.05) is 27.7 Å². The van der Waals surface area contributed by atoms with Gasteiger partial charge in [0.15, 0.2) is 0 Å². The van der Waals surface area contributed by atoms with E-state index in [1.165, 1.54) is 19.3 Å². The van der Waals surface area contributed by atoms with Crippen LogP contribution < -0.4 is 5.32 Å². The highest BCUT2D eigenvalue weighted by Gasteiger charge is 2.44. The minimum absolute atomic E-state index is 0.0255. The lowest BCUT2D eigenvalue weighted by molar-refractivity contribution is 0.150. The summed E-state index contributed by atoms with van der Waals surface area (Å²) in [5, 5.41) is 14.1. The van der Waals surface area contributed by atoms with Crippen LogP contribution in [0.4, 0.5) is 0 Å². The fourth-order valence-corrected chi connectivity index (χ4v) is 3.35. The molecule has 96 valence electrons. The molecule has 0 aromatic rings. The minimum Gasteiger partial charge on any atom is -0.394 e. The van der Waals surface area contributed by atoms with Crippen molar-refractivity contribution >= 4 is 11.8 Å². The van der Waals surface area contributed by atoms with E-state index in [1.54, 1.807) is 0 Å². The summed E-state index contributed by atoms with van der Waals surface area (Å²) in [6.45, 7) is 9.11. The zero-order valence-corrected chi connectivity index (χ0v) is 11.9. The van der Waals surface area contributed by atoms with Crippen molar-refractivity contribution in [3.63, 3.8) is 0 Å². The summed E-state index contributed by atoms with van der Waals surface area (Å²) in [5.74, 6) is 1.73. The van der Waals surface area contributed by atoms with Gasteiger partial charge in [-0.25, -0.2) is 0 Å². The summed E-state index contributed by atoms with van der Waals surface area (Å²) < 4.78 is 0. The summed E-state index contributed by atoms with van der Waals surface area (Å²) in [4.78, 5) is 0. The highest BCUT2D eigenvalue weighted by atomic mass is 32.2. The minimum atomic E-state index is -0.0255. The molecule has 0 radical (unpaired) electrons. The van der Waals surface area contributed by atoms with Gasteiger partial charge in [-0.05, 0) is 25.2 Å². The van der Waals surface area contributed by atoms with Crippen molar-refractivity contribution in [3.8, 4) is 0 Å². The zero-order valence-electron chi connectivity index (χ0n) is 11.1. The van der Waals surface area contributed by atoms with Crippen LogP contribution in [0.5, 0.6) is 0 Å². The summed E-state index contributed by atoms with van der Waals surface area (Å²) in [6, 6.07) is 0.449. The Morgan fingerprint density at radius 3 is 2.38 bits per heavy atom. The fraction of sp³-hybridized carbons (Fsp3) is 1.00. The van der Waals surface area contributed by atoms with Crippen LogP contribution in [0.15, 0.2) is 0 Å². The third-order valence-corrected chi connectivity index (χ3v) is 5.00. The Hall–Kier alpha value is 0.270. The quantitative estimate of drug-likeness (QED) is 0.689. The van der Waals surface area contributed by atoms with Gasteiger partial charge in [0.05, 0.1) is 12.1 Å². The summed E-state index contributed by atoms with van der Waals surface area (Å²) >= 11 is 2.00. The predicted molar refractivity (Wildman–Crippen MR) is 73.0 cm³/mol. The topological polar surface area (TPSA) is 32.3 Å². The molecule has 1 aliphatic carbocycles. The molecule has 1 saturated carbocycles. The van der Waals surface area contributed by atoms with Crippen LogP contribution in [0.25, 0.3) is 0 Å². The molecule has 2 N–H and O–H groups in total. The first-order chi connectivity index (χ1) is 7.54. The van der Waals surface area contributed by atoms with Crippen molar-refractivity contribution in [3.05, 3.63) is 0 Å². The Labute approximate surface area is 105 Å². The van der Waals surface area contributed by atoms with Gasteiger partial charge in [0.25, 0.3) is 0 Å². The molecule has 2 atom stereocenters. The monoisotopic (exact) mass is 245 g/mol. The van der Waals surface area contributed by atoms with Crippen molar-refractivity contribution in [1.29, 1.82) is 0 Å². The lowest BCUT2D eigenvalue weighted by Crippen LogP contribution is -2.55. The first-order valence-corrected chi connectivity index (χ1v) is 7.59. The molecule has 0 aliphatic heterocycles. The van der Waals surface area contributed by atoms with E-state index in [4.69, 9.17) is 0 Å². The summed E-state index contributed by atoms with van der Waals surface area (Å²) in [7, 11) is 0. The molecule has 0 spiro atoms. The highest BCUT2D eigenvalue weighted by Crippen LogP contribution is 2.42. The standard InChI is InChI=1S/C13H27NOS/c1-5-11(4)16-9-13(8-15,12-6-7-12)14-10(2)3/h10-12,14-15H,5-9H2,1-4H3. The molecule has 0 aromatic carbocycles. The number of hydrogen-bond donors (Lipinski definition) is 2. The van der Waals surface area contributed by atoms with E-state index in [1.807, 2.05) is 11.8 Å². The molecule has 1 fully saturated rings. The molecule has 0 saturated heterocycles. The van der Waals surface area contributed by atoms with Gasteiger partial charge in [-0.15, -0.1) is 0 Å². The zero-order chi connectivity index (χ0) is 12.2. The van der Waals surface area contributed by atoms with E-state index in [9.17, 15) is 5.11 Å². The van der Waals surface area contributed by atoms with Gasteiger partial charge in [-0.3, -0.25) is 0 Å². The lowest BCUT2D eigenvalue weighted by atomic mass is 9.95. The molecule has 3 heteroatoms. The van der Waals surface area contributed by atoms with Gasteiger partial charge in [0.1, 0.15) is 0 Å². The van der Waals surface area contributed by atoms with Crippen LogP contribution in [-0.4, -0.2) is 34.3 Å². The SMILES string of the molecule is CCC(C)SCC(CO)(NC(C)C)C1CC1. The van der Waals surface area contributed by atoms with E-state index in [0.29, 0.717) is 17.2 Å². The molecule has 0 amide bonds. The van der Waals surface area contributed by atoms with Gasteiger partial charge >= 0.3 is 0 Å². The summed E-state index contributed by atoms with van der Waals surface area (Å²) in [5.41, 5.74) is -0.0255. The van der Waals surface area contributed by atoms with Gasteiger partial charge in [-0.2, -0.15) is 11.8 Å². The second-order valence-corrected chi connectivity index (χ2v) is 6.84. The molecule has 2 unspecified atom stereocenters. The number of hydrogen-bond acceptors (Lipinski definition) is 3. The van der Waals surface area contributed by atoms with Crippen molar-refractivity contribution in [2.24, 2.45) is 5.92 Å². The predicted octanol–water partition coefficient (Wildman–Crippen LogP) is 2.66. The molecule has 1 aliphatic rings. The Morgan fingerprint density at radius 1 is 1.38 bits per heavy atom. The van der Waals surface area contributed by atoms with Crippen LogP contribution in [0.1, 0.15) is 47.0 Å². The Kier molecular flexibility index (Phi) is 5.62. The maximum absolute atomic E-state index is 9.75. The van der Waals surface area contributed by atoms with Crippen LogP contribution in [0.2, 0.25) is 0 Å². The fourth-order valence-electron chi connectivity index (χ4n) is 2.12. The van der Waals surface area contributed by atoms with E-state index in [0.717, 1.165) is 5.75 Å². The van der Waals surface area contributed by atoms with Crippen LogP contribution >= 0.6 is 11.8 Å². The number of rotatable bonds is 8. The van der Waals surface area contributed by atoms with Crippen LogP contribution in [0, 0.1) is 5.92 Å². The van der Waals surface area contributed by atoms with Crippen molar-refractivity contribution < 1.29 is 5.11 Å². The van der Waals surface area contributed by atoms with E-state index < -0.39 is 0 Å². The molecule has 0 heterocycles. The Balaban J connectivity index is 2.54. The molecule has 1 rings (SSSR count). The molecule has 2 nitrogen and oxygen atoms in total. The maximum atomic E-state index is 9.75. The van der Waals surface area contributed by atoms with Crippen molar-refractivity contribution in [2.75, 3.05) is 12.4 Å². The van der Waals surface area contributed by atoms with Gasteiger partial charge in [0, 0.05) is 17.0 Å². The van der Waals surface area contributed by atoms with Gasteiger partial charge in [0.2, 0.25) is 0 Å². The molecule has 0 bridgehead atoms. The Bertz CT molecular complexity index is 206. The molecular weight excluding hydrogens is 218 g/mol. The Morgan fingerprint density at radius 2 is 2.00 bits per heavy atom. The highest BCUT2D eigenvalue weighted by molar-refractivity contribution is 7.99. The lowest BCUT2D eigenvalue weighted by Gasteiger charge is -2.36. The smallest absolute Gasteiger partial charge is 0.0624 e.